The first-order valence-electron chi connectivity index (χ1n) is 7.11. The van der Waals surface area contributed by atoms with Gasteiger partial charge in [-0.05, 0) is 54.5 Å². The van der Waals surface area contributed by atoms with Crippen LogP contribution in [0.2, 0.25) is 0 Å². The lowest BCUT2D eigenvalue weighted by atomic mass is 9.79. The number of ether oxygens (including phenoxy) is 1. The summed E-state index contributed by atoms with van der Waals surface area (Å²) in [5, 5.41) is 0. The smallest absolute Gasteiger partial charge is 0.472 e. The summed E-state index contributed by atoms with van der Waals surface area (Å²) in [5.74, 6) is -0.108. The third-order valence-corrected chi connectivity index (χ3v) is 3.76. The minimum atomic E-state index is -0.699. The van der Waals surface area contributed by atoms with E-state index in [1.165, 1.54) is 6.07 Å². The SMILES string of the molecule is CC(C)(C)Oc1ncc(F)cc1B1OC(C)(C)C(C)(C)O1. The largest absolute Gasteiger partial charge is 0.500 e. The molecule has 0 N–H and O–H groups in total. The van der Waals surface area contributed by atoms with Crippen LogP contribution < -0.4 is 10.2 Å². The molecule has 1 saturated heterocycles. The van der Waals surface area contributed by atoms with Crippen molar-refractivity contribution in [3.8, 4) is 5.88 Å². The molecular weight excluding hydrogens is 272 g/mol. The Kier molecular flexibility index (Phi) is 3.83. The zero-order chi connectivity index (χ0) is 16.1. The lowest BCUT2D eigenvalue weighted by Gasteiger charge is -2.32. The van der Waals surface area contributed by atoms with Gasteiger partial charge in [0.1, 0.15) is 11.4 Å². The van der Waals surface area contributed by atoms with Crippen molar-refractivity contribution in [2.24, 2.45) is 0 Å². The summed E-state index contributed by atoms with van der Waals surface area (Å²) in [6, 6.07) is 1.36. The summed E-state index contributed by atoms with van der Waals surface area (Å²) >= 11 is 0. The molecule has 0 saturated carbocycles. The molecule has 21 heavy (non-hydrogen) atoms. The summed E-state index contributed by atoms with van der Waals surface area (Å²) in [4.78, 5) is 4.05. The number of halogens is 1. The van der Waals surface area contributed by atoms with Crippen molar-refractivity contribution in [1.82, 2.24) is 4.98 Å². The lowest BCUT2D eigenvalue weighted by molar-refractivity contribution is 0.00578. The fraction of sp³-hybridized carbons (Fsp3) is 0.667. The van der Waals surface area contributed by atoms with E-state index in [2.05, 4.69) is 4.98 Å². The van der Waals surface area contributed by atoms with Crippen LogP contribution in [0.1, 0.15) is 48.5 Å². The standard InChI is InChI=1S/C15H23BFNO3/c1-13(2,3)19-12-11(8-10(17)9-18-12)16-20-14(4,5)15(6,7)21-16/h8-9H,1-7H3. The highest BCUT2D eigenvalue weighted by Gasteiger charge is 2.53. The van der Waals surface area contributed by atoms with Crippen molar-refractivity contribution in [3.63, 3.8) is 0 Å². The summed E-state index contributed by atoms with van der Waals surface area (Å²) < 4.78 is 31.3. The van der Waals surface area contributed by atoms with Crippen LogP contribution in [0.4, 0.5) is 4.39 Å². The van der Waals surface area contributed by atoms with Crippen LogP contribution in [0.3, 0.4) is 0 Å². The van der Waals surface area contributed by atoms with Gasteiger partial charge in [0.2, 0.25) is 5.88 Å². The van der Waals surface area contributed by atoms with E-state index in [0.717, 1.165) is 6.20 Å². The van der Waals surface area contributed by atoms with Gasteiger partial charge in [0.05, 0.1) is 17.4 Å². The minimum Gasteiger partial charge on any atom is -0.472 e. The molecular formula is C15H23BFNO3. The maximum absolute atomic E-state index is 13.6. The zero-order valence-electron chi connectivity index (χ0n) is 13.8. The Balaban J connectivity index is 2.38. The van der Waals surface area contributed by atoms with Crippen LogP contribution in [0.5, 0.6) is 5.88 Å². The van der Waals surface area contributed by atoms with Gasteiger partial charge in [0.25, 0.3) is 0 Å². The van der Waals surface area contributed by atoms with Crippen molar-refractivity contribution in [2.45, 2.75) is 65.3 Å². The first kappa shape index (κ1) is 16.2. The third kappa shape index (κ3) is 3.38. The van der Waals surface area contributed by atoms with Gasteiger partial charge in [-0.15, -0.1) is 0 Å². The van der Waals surface area contributed by atoms with Gasteiger partial charge >= 0.3 is 7.12 Å². The molecule has 1 aliphatic heterocycles. The van der Waals surface area contributed by atoms with E-state index >= 15 is 0 Å². The molecule has 0 bridgehead atoms. The molecule has 0 radical (unpaired) electrons. The molecule has 0 atom stereocenters. The van der Waals surface area contributed by atoms with Gasteiger partial charge < -0.3 is 14.0 Å². The Morgan fingerprint density at radius 3 is 2.14 bits per heavy atom. The van der Waals surface area contributed by atoms with Crippen molar-refractivity contribution in [3.05, 3.63) is 18.1 Å². The quantitative estimate of drug-likeness (QED) is 0.787. The first-order valence-corrected chi connectivity index (χ1v) is 7.11. The molecule has 0 amide bonds. The molecule has 1 fully saturated rings. The van der Waals surface area contributed by atoms with Gasteiger partial charge in [-0.1, -0.05) is 0 Å². The maximum atomic E-state index is 13.6. The number of hydrogen-bond acceptors (Lipinski definition) is 4. The Morgan fingerprint density at radius 1 is 1.14 bits per heavy atom. The fourth-order valence-corrected chi connectivity index (χ4v) is 1.96. The van der Waals surface area contributed by atoms with E-state index in [0.29, 0.717) is 11.3 Å². The number of rotatable bonds is 2. The van der Waals surface area contributed by atoms with E-state index in [4.69, 9.17) is 14.0 Å². The molecule has 116 valence electrons. The van der Waals surface area contributed by atoms with E-state index in [1.54, 1.807) is 0 Å². The molecule has 6 heteroatoms. The zero-order valence-corrected chi connectivity index (χ0v) is 13.8. The maximum Gasteiger partial charge on any atom is 0.500 e. The van der Waals surface area contributed by atoms with Crippen LogP contribution in [0.25, 0.3) is 0 Å². The van der Waals surface area contributed by atoms with Crippen LogP contribution >= 0.6 is 0 Å². The molecule has 0 aliphatic carbocycles. The highest BCUT2D eigenvalue weighted by atomic mass is 19.1. The Bertz CT molecular complexity index is 524. The van der Waals surface area contributed by atoms with Crippen LogP contribution in [0, 0.1) is 5.82 Å². The number of nitrogens with zero attached hydrogens (tertiary/aromatic N) is 1. The second-order valence-electron chi connectivity index (χ2n) is 7.35. The predicted octanol–water partition coefficient (Wildman–Crippen LogP) is 2.70. The van der Waals surface area contributed by atoms with Crippen molar-refractivity contribution < 1.29 is 18.4 Å². The molecule has 1 aromatic heterocycles. The molecule has 1 aliphatic rings. The molecule has 2 heterocycles. The monoisotopic (exact) mass is 295 g/mol. The van der Waals surface area contributed by atoms with E-state index in [-0.39, 0.29) is 0 Å². The summed E-state index contributed by atoms with van der Waals surface area (Å²) in [5.41, 5.74) is -0.960. The average molecular weight is 295 g/mol. The van der Waals surface area contributed by atoms with Crippen molar-refractivity contribution >= 4 is 12.6 Å². The van der Waals surface area contributed by atoms with Crippen LogP contribution in [-0.2, 0) is 9.31 Å². The molecule has 0 unspecified atom stereocenters. The van der Waals surface area contributed by atoms with Crippen molar-refractivity contribution in [2.75, 3.05) is 0 Å². The van der Waals surface area contributed by atoms with Gasteiger partial charge in [-0.25, -0.2) is 9.37 Å². The Morgan fingerprint density at radius 2 is 1.67 bits per heavy atom. The van der Waals surface area contributed by atoms with Crippen LogP contribution in [-0.4, -0.2) is 28.9 Å². The minimum absolute atomic E-state index is 0.336. The van der Waals surface area contributed by atoms with Crippen molar-refractivity contribution in [1.29, 1.82) is 0 Å². The van der Waals surface area contributed by atoms with Gasteiger partial charge in [-0.3, -0.25) is 0 Å². The van der Waals surface area contributed by atoms with Crippen LogP contribution in [0.15, 0.2) is 12.3 Å². The number of aromatic nitrogens is 1. The Labute approximate surface area is 126 Å². The average Bonchev–Trinajstić information content (AvgIpc) is 2.49. The highest BCUT2D eigenvalue weighted by Crippen LogP contribution is 2.37. The first-order chi connectivity index (χ1) is 9.41. The van der Waals surface area contributed by atoms with Gasteiger partial charge in [0.15, 0.2) is 0 Å². The molecule has 2 rings (SSSR count). The second kappa shape index (κ2) is 4.95. The topological polar surface area (TPSA) is 40.6 Å². The third-order valence-electron chi connectivity index (χ3n) is 3.76. The van der Waals surface area contributed by atoms with Gasteiger partial charge in [-0.2, -0.15) is 0 Å². The highest BCUT2D eigenvalue weighted by molar-refractivity contribution is 6.63. The number of hydrogen-bond donors (Lipinski definition) is 0. The summed E-state index contributed by atoms with van der Waals surface area (Å²) in [6.07, 6.45) is 1.13. The molecule has 0 spiro atoms. The molecule has 0 aromatic carbocycles. The van der Waals surface area contributed by atoms with E-state index in [9.17, 15) is 4.39 Å². The summed E-state index contributed by atoms with van der Waals surface area (Å²) in [7, 11) is -0.699. The molecule has 1 aromatic rings. The van der Waals surface area contributed by atoms with E-state index in [1.807, 2.05) is 48.5 Å². The molecule has 4 nitrogen and oxygen atoms in total. The summed E-state index contributed by atoms with van der Waals surface area (Å²) in [6.45, 7) is 13.5. The van der Waals surface area contributed by atoms with E-state index < -0.39 is 29.7 Å². The second-order valence-corrected chi connectivity index (χ2v) is 7.35. The Hall–Kier alpha value is -1.14. The predicted molar refractivity (Wildman–Crippen MR) is 80.3 cm³/mol. The normalized spacial score (nSPS) is 20.7. The fourth-order valence-electron chi connectivity index (χ4n) is 1.96. The number of pyridine rings is 1. The lowest BCUT2D eigenvalue weighted by Crippen LogP contribution is -2.41. The van der Waals surface area contributed by atoms with Gasteiger partial charge in [0, 0.05) is 5.46 Å².